The molecule has 0 bridgehead atoms. The predicted octanol–water partition coefficient (Wildman–Crippen LogP) is 3.32. The highest BCUT2D eigenvalue weighted by Gasteiger charge is 2.36. The van der Waals surface area contributed by atoms with Gasteiger partial charge in [0.2, 0.25) is 11.8 Å². The number of allylic oxidation sites excluding steroid dienone is 1. The molecule has 3 N–H and O–H groups in total. The van der Waals surface area contributed by atoms with Crippen molar-refractivity contribution in [2.24, 2.45) is 5.73 Å². The normalized spacial score (nSPS) is 15.1. The summed E-state index contributed by atoms with van der Waals surface area (Å²) in [5.74, 6) is 1.76. The third-order valence-electron chi connectivity index (χ3n) is 5.04. The van der Waals surface area contributed by atoms with E-state index in [0.29, 0.717) is 40.0 Å². The minimum atomic E-state index is -0.501. The molecule has 0 aliphatic carbocycles. The Bertz CT molecular complexity index is 1180. The number of nitriles is 1. The quantitative estimate of drug-likeness (QED) is 0.670. The summed E-state index contributed by atoms with van der Waals surface area (Å²) in [6, 6.07) is 15.1. The van der Waals surface area contributed by atoms with Crippen molar-refractivity contribution in [3.8, 4) is 40.5 Å². The monoisotopic (exact) mass is 404 g/mol. The van der Waals surface area contributed by atoms with Gasteiger partial charge in [0.15, 0.2) is 0 Å². The van der Waals surface area contributed by atoms with Gasteiger partial charge >= 0.3 is 0 Å². The van der Waals surface area contributed by atoms with Crippen LogP contribution in [0.15, 0.2) is 53.9 Å². The Labute approximate surface area is 173 Å². The second-order valence-electron chi connectivity index (χ2n) is 6.59. The van der Waals surface area contributed by atoms with Gasteiger partial charge in [0, 0.05) is 5.56 Å². The van der Waals surface area contributed by atoms with Gasteiger partial charge in [-0.15, -0.1) is 5.10 Å². The number of fused-ring (bicyclic) bond motifs is 1. The van der Waals surface area contributed by atoms with Crippen LogP contribution in [0.25, 0.3) is 11.3 Å². The van der Waals surface area contributed by atoms with E-state index in [1.807, 2.05) is 30.3 Å². The molecule has 3 aromatic rings. The average Bonchev–Trinajstić information content (AvgIpc) is 3.20. The van der Waals surface area contributed by atoms with Crippen molar-refractivity contribution in [2.45, 2.75) is 5.92 Å². The van der Waals surface area contributed by atoms with Gasteiger partial charge in [0.25, 0.3) is 0 Å². The second kappa shape index (κ2) is 7.72. The molecule has 8 nitrogen and oxygen atoms in total. The first-order valence-electron chi connectivity index (χ1n) is 9.13. The van der Waals surface area contributed by atoms with Gasteiger partial charge in [-0.1, -0.05) is 12.1 Å². The van der Waals surface area contributed by atoms with Crippen LogP contribution in [0.5, 0.6) is 23.1 Å². The van der Waals surface area contributed by atoms with E-state index in [0.717, 1.165) is 11.1 Å². The smallest absolute Gasteiger partial charge is 0.244 e. The van der Waals surface area contributed by atoms with E-state index < -0.39 is 5.92 Å². The van der Waals surface area contributed by atoms with Crippen LogP contribution in [0.3, 0.4) is 0 Å². The summed E-state index contributed by atoms with van der Waals surface area (Å²) in [5.41, 5.74) is 9.22. The van der Waals surface area contributed by atoms with Crippen molar-refractivity contribution >= 4 is 0 Å². The molecule has 4 rings (SSSR count). The number of aromatic amines is 1. The average molecular weight is 404 g/mol. The Morgan fingerprint density at radius 2 is 1.83 bits per heavy atom. The van der Waals surface area contributed by atoms with Crippen LogP contribution in [0, 0.1) is 11.3 Å². The number of rotatable bonds is 5. The Hall–Kier alpha value is -4.12. The molecule has 0 radical (unpaired) electrons. The zero-order chi connectivity index (χ0) is 21.3. The van der Waals surface area contributed by atoms with Crippen LogP contribution in [-0.2, 0) is 0 Å². The molecule has 0 unspecified atom stereocenters. The summed E-state index contributed by atoms with van der Waals surface area (Å²) in [6.07, 6.45) is 0. The number of nitrogens with zero attached hydrogens (tertiary/aromatic N) is 2. The van der Waals surface area contributed by atoms with E-state index in [2.05, 4.69) is 16.3 Å². The minimum Gasteiger partial charge on any atom is -0.497 e. The van der Waals surface area contributed by atoms with Crippen LogP contribution >= 0.6 is 0 Å². The molecule has 0 fully saturated rings. The lowest BCUT2D eigenvalue weighted by molar-refractivity contribution is 0.378. The number of ether oxygens (including phenoxy) is 4. The molecule has 30 heavy (non-hydrogen) atoms. The van der Waals surface area contributed by atoms with Gasteiger partial charge in [0.05, 0.1) is 38.5 Å². The van der Waals surface area contributed by atoms with Crippen LogP contribution in [0.4, 0.5) is 0 Å². The van der Waals surface area contributed by atoms with Crippen molar-refractivity contribution in [3.63, 3.8) is 0 Å². The van der Waals surface area contributed by atoms with Gasteiger partial charge < -0.3 is 24.7 Å². The van der Waals surface area contributed by atoms with Crippen molar-refractivity contribution in [1.82, 2.24) is 10.2 Å². The first-order chi connectivity index (χ1) is 14.6. The topological polar surface area (TPSA) is 115 Å². The van der Waals surface area contributed by atoms with Crippen molar-refractivity contribution in [2.75, 3.05) is 21.3 Å². The summed E-state index contributed by atoms with van der Waals surface area (Å²) in [5, 5.41) is 17.2. The lowest BCUT2D eigenvalue weighted by atomic mass is 9.83. The van der Waals surface area contributed by atoms with E-state index in [1.165, 1.54) is 0 Å². The zero-order valence-electron chi connectivity index (χ0n) is 16.7. The van der Waals surface area contributed by atoms with Gasteiger partial charge in [-0.05, 0) is 35.9 Å². The fourth-order valence-electron chi connectivity index (χ4n) is 3.61. The number of methoxy groups -OCH3 is 3. The molecule has 0 amide bonds. The van der Waals surface area contributed by atoms with Crippen molar-refractivity contribution in [1.29, 1.82) is 5.26 Å². The third-order valence-corrected chi connectivity index (χ3v) is 5.04. The first-order valence-corrected chi connectivity index (χ1v) is 9.13. The highest BCUT2D eigenvalue weighted by Crippen LogP contribution is 2.48. The summed E-state index contributed by atoms with van der Waals surface area (Å²) in [4.78, 5) is 0. The van der Waals surface area contributed by atoms with E-state index >= 15 is 0 Å². The molecule has 1 aliphatic heterocycles. The lowest BCUT2D eigenvalue weighted by Gasteiger charge is -2.24. The van der Waals surface area contributed by atoms with Crippen LogP contribution in [0.2, 0.25) is 0 Å². The maximum atomic E-state index is 9.85. The van der Waals surface area contributed by atoms with Crippen LogP contribution < -0.4 is 24.7 Å². The molecule has 0 saturated carbocycles. The standard InChI is InChI=1S/C22H20N4O4/c1-27-13-6-4-5-12(9-13)18-16(11-23)21(24)30-22-19(18)20(25-26-22)15-10-14(28-2)7-8-17(15)29-3/h4-10,18H,24H2,1-3H3,(H,25,26)/t18-/m1/s1. The maximum Gasteiger partial charge on any atom is 0.244 e. The van der Waals surface area contributed by atoms with E-state index in [1.54, 1.807) is 33.5 Å². The number of hydrogen-bond donors (Lipinski definition) is 2. The SMILES string of the molecule is COc1cccc([C@@H]2C(C#N)=C(N)Oc3n[nH]c(-c4cc(OC)ccc4OC)c32)c1. The third kappa shape index (κ3) is 3.06. The summed E-state index contributed by atoms with van der Waals surface area (Å²) < 4.78 is 22.0. The van der Waals surface area contributed by atoms with Crippen LogP contribution in [-0.4, -0.2) is 31.5 Å². The van der Waals surface area contributed by atoms with Gasteiger partial charge in [-0.3, -0.25) is 5.10 Å². The highest BCUT2D eigenvalue weighted by molar-refractivity contribution is 5.76. The largest absolute Gasteiger partial charge is 0.497 e. The van der Waals surface area contributed by atoms with Gasteiger partial charge in [0.1, 0.15) is 28.9 Å². The van der Waals surface area contributed by atoms with Gasteiger partial charge in [-0.2, -0.15) is 5.26 Å². The number of nitrogens with one attached hydrogen (secondary N) is 1. The maximum absolute atomic E-state index is 9.85. The molecule has 2 heterocycles. The molecule has 0 spiro atoms. The molecule has 0 saturated heterocycles. The number of benzene rings is 2. The fraction of sp³-hybridized carbons (Fsp3) is 0.182. The van der Waals surface area contributed by atoms with E-state index in [9.17, 15) is 5.26 Å². The Morgan fingerprint density at radius 3 is 2.53 bits per heavy atom. The Balaban J connectivity index is 1.97. The molecule has 8 heteroatoms. The Morgan fingerprint density at radius 1 is 1.07 bits per heavy atom. The summed E-state index contributed by atoms with van der Waals surface area (Å²) in [6.45, 7) is 0. The number of aromatic nitrogens is 2. The second-order valence-corrected chi connectivity index (χ2v) is 6.59. The lowest BCUT2D eigenvalue weighted by Crippen LogP contribution is -2.21. The van der Waals surface area contributed by atoms with Crippen molar-refractivity contribution < 1.29 is 18.9 Å². The molecular weight excluding hydrogens is 384 g/mol. The predicted molar refractivity (Wildman–Crippen MR) is 109 cm³/mol. The number of hydrogen-bond acceptors (Lipinski definition) is 7. The molecule has 1 aliphatic rings. The summed E-state index contributed by atoms with van der Waals surface area (Å²) in [7, 11) is 4.77. The minimum absolute atomic E-state index is 0.0217. The number of H-pyrrole nitrogens is 1. The first kappa shape index (κ1) is 19.2. The van der Waals surface area contributed by atoms with Crippen molar-refractivity contribution in [3.05, 3.63) is 65.0 Å². The molecule has 2 aromatic carbocycles. The fourth-order valence-corrected chi connectivity index (χ4v) is 3.61. The zero-order valence-corrected chi connectivity index (χ0v) is 16.7. The van der Waals surface area contributed by atoms with E-state index in [4.69, 9.17) is 24.7 Å². The molecule has 152 valence electrons. The van der Waals surface area contributed by atoms with E-state index in [-0.39, 0.29) is 5.88 Å². The van der Waals surface area contributed by atoms with Crippen LogP contribution in [0.1, 0.15) is 17.0 Å². The summed E-state index contributed by atoms with van der Waals surface area (Å²) >= 11 is 0. The van der Waals surface area contributed by atoms with Gasteiger partial charge in [-0.25, -0.2) is 0 Å². The molecule has 1 atom stereocenters. The highest BCUT2D eigenvalue weighted by atomic mass is 16.5. The number of nitrogens with two attached hydrogens (primary N) is 1. The molecule has 1 aromatic heterocycles. The Kier molecular flexibility index (Phi) is 4.94. The molecular formula is C22H20N4O4.